The quantitative estimate of drug-likeness (QED) is 0.866. The average molecular weight is 304 g/mol. The molecule has 1 saturated heterocycles. The number of amides is 1. The van der Waals surface area contributed by atoms with Crippen LogP contribution in [0, 0.1) is 5.92 Å². The van der Waals surface area contributed by atoms with Gasteiger partial charge in [-0.2, -0.15) is 0 Å². The molecule has 1 aromatic carbocycles. The number of carbonyl (C=O) groups excluding carboxylic acids is 1. The lowest BCUT2D eigenvalue weighted by Crippen LogP contribution is -2.45. The van der Waals surface area contributed by atoms with Crippen molar-refractivity contribution in [1.29, 1.82) is 0 Å². The molecule has 0 aromatic heterocycles. The Morgan fingerprint density at radius 1 is 1.36 bits per heavy atom. The number of likely N-dealkylation sites (N-methyl/N-ethyl adjacent to an activating group) is 1. The highest BCUT2D eigenvalue weighted by molar-refractivity contribution is 5.94. The average Bonchev–Trinajstić information content (AvgIpc) is 3.35. The van der Waals surface area contributed by atoms with E-state index in [-0.39, 0.29) is 12.0 Å². The SMILES string of the molecule is CN1CCOC(CNC(=O)c2ccc(OCC3CC3)cc2)C1. The largest absolute Gasteiger partial charge is 0.493 e. The summed E-state index contributed by atoms with van der Waals surface area (Å²) in [5.41, 5.74) is 0.655. The fraction of sp³-hybridized carbons (Fsp3) is 0.588. The lowest BCUT2D eigenvalue weighted by Gasteiger charge is -2.30. The Labute approximate surface area is 131 Å². The van der Waals surface area contributed by atoms with Crippen molar-refractivity contribution in [3.05, 3.63) is 29.8 Å². The Morgan fingerprint density at radius 2 is 2.14 bits per heavy atom. The summed E-state index contributed by atoms with van der Waals surface area (Å²) in [5, 5.41) is 2.94. The third-order valence-electron chi connectivity index (χ3n) is 4.13. The van der Waals surface area contributed by atoms with E-state index in [1.165, 1.54) is 12.8 Å². The summed E-state index contributed by atoms with van der Waals surface area (Å²) in [5.74, 6) is 1.50. The smallest absolute Gasteiger partial charge is 0.251 e. The number of hydrogen-bond acceptors (Lipinski definition) is 4. The van der Waals surface area contributed by atoms with Crippen molar-refractivity contribution in [2.75, 3.05) is 39.9 Å². The van der Waals surface area contributed by atoms with Crippen LogP contribution in [0.2, 0.25) is 0 Å². The standard InChI is InChI=1S/C17H24N2O3/c1-19-8-9-21-16(11-19)10-18-17(20)14-4-6-15(7-5-14)22-12-13-2-3-13/h4-7,13,16H,2-3,8-12H2,1H3,(H,18,20). The molecular weight excluding hydrogens is 280 g/mol. The second kappa shape index (κ2) is 7.11. The van der Waals surface area contributed by atoms with E-state index in [9.17, 15) is 4.79 Å². The summed E-state index contributed by atoms with van der Waals surface area (Å²) in [6, 6.07) is 7.35. The maximum Gasteiger partial charge on any atom is 0.251 e. The molecule has 1 atom stereocenters. The molecule has 1 aliphatic heterocycles. The van der Waals surface area contributed by atoms with Gasteiger partial charge < -0.3 is 19.7 Å². The fourth-order valence-corrected chi connectivity index (χ4v) is 2.50. The minimum Gasteiger partial charge on any atom is -0.493 e. The number of nitrogens with one attached hydrogen (secondary N) is 1. The van der Waals surface area contributed by atoms with Gasteiger partial charge in [0.2, 0.25) is 0 Å². The molecule has 5 nitrogen and oxygen atoms in total. The molecule has 1 heterocycles. The zero-order valence-corrected chi connectivity index (χ0v) is 13.1. The number of rotatable bonds is 6. The minimum absolute atomic E-state index is 0.0643. The van der Waals surface area contributed by atoms with Gasteiger partial charge in [-0.1, -0.05) is 0 Å². The van der Waals surface area contributed by atoms with E-state index in [2.05, 4.69) is 17.3 Å². The van der Waals surface area contributed by atoms with Crippen LogP contribution in [0.15, 0.2) is 24.3 Å². The van der Waals surface area contributed by atoms with Gasteiger partial charge in [0.05, 0.1) is 19.3 Å². The van der Waals surface area contributed by atoms with E-state index >= 15 is 0 Å². The van der Waals surface area contributed by atoms with Crippen molar-refractivity contribution in [2.45, 2.75) is 18.9 Å². The first kappa shape index (κ1) is 15.3. The van der Waals surface area contributed by atoms with Crippen LogP contribution in [0.4, 0.5) is 0 Å². The van der Waals surface area contributed by atoms with Crippen LogP contribution in [0.25, 0.3) is 0 Å². The topological polar surface area (TPSA) is 50.8 Å². The Morgan fingerprint density at radius 3 is 2.82 bits per heavy atom. The van der Waals surface area contributed by atoms with Gasteiger partial charge in [0.1, 0.15) is 5.75 Å². The maximum absolute atomic E-state index is 12.1. The Hall–Kier alpha value is -1.59. The molecule has 0 radical (unpaired) electrons. The first-order valence-corrected chi connectivity index (χ1v) is 8.02. The van der Waals surface area contributed by atoms with Crippen LogP contribution in [0.5, 0.6) is 5.75 Å². The van der Waals surface area contributed by atoms with Gasteiger partial charge in [0.15, 0.2) is 0 Å². The van der Waals surface area contributed by atoms with E-state index in [0.717, 1.165) is 38.0 Å². The second-order valence-electron chi connectivity index (χ2n) is 6.24. The molecule has 3 rings (SSSR count). The predicted molar refractivity (Wildman–Crippen MR) is 84.2 cm³/mol. The van der Waals surface area contributed by atoms with Crippen molar-refractivity contribution in [3.8, 4) is 5.75 Å². The third-order valence-corrected chi connectivity index (χ3v) is 4.13. The summed E-state index contributed by atoms with van der Waals surface area (Å²) in [7, 11) is 2.07. The monoisotopic (exact) mass is 304 g/mol. The lowest BCUT2D eigenvalue weighted by molar-refractivity contribution is -0.0175. The zero-order valence-electron chi connectivity index (χ0n) is 13.1. The van der Waals surface area contributed by atoms with E-state index in [1.807, 2.05) is 24.3 Å². The molecule has 1 aromatic rings. The van der Waals surface area contributed by atoms with Gasteiger partial charge in [-0.3, -0.25) is 4.79 Å². The highest BCUT2D eigenvalue weighted by Crippen LogP contribution is 2.29. The summed E-state index contributed by atoms with van der Waals surface area (Å²) in [6.45, 7) is 3.87. The van der Waals surface area contributed by atoms with Crippen LogP contribution in [0.3, 0.4) is 0 Å². The van der Waals surface area contributed by atoms with Crippen molar-refractivity contribution in [1.82, 2.24) is 10.2 Å². The summed E-state index contributed by atoms with van der Waals surface area (Å²) >= 11 is 0. The molecule has 1 N–H and O–H groups in total. The van der Waals surface area contributed by atoms with E-state index in [0.29, 0.717) is 12.1 Å². The second-order valence-corrected chi connectivity index (χ2v) is 6.24. The molecule has 120 valence electrons. The zero-order chi connectivity index (χ0) is 15.4. The third kappa shape index (κ3) is 4.45. The number of morpholine rings is 1. The van der Waals surface area contributed by atoms with Crippen molar-refractivity contribution < 1.29 is 14.3 Å². The number of hydrogen-bond donors (Lipinski definition) is 1. The fourth-order valence-electron chi connectivity index (χ4n) is 2.50. The molecule has 0 spiro atoms. The van der Waals surface area contributed by atoms with Gasteiger partial charge in [-0.25, -0.2) is 0 Å². The van der Waals surface area contributed by atoms with Crippen molar-refractivity contribution >= 4 is 5.91 Å². The molecular formula is C17H24N2O3. The summed E-state index contributed by atoms with van der Waals surface area (Å²) in [6.07, 6.45) is 2.63. The molecule has 2 aliphatic rings. The van der Waals surface area contributed by atoms with E-state index in [4.69, 9.17) is 9.47 Å². The minimum atomic E-state index is -0.0643. The highest BCUT2D eigenvalue weighted by atomic mass is 16.5. The molecule has 2 fully saturated rings. The predicted octanol–water partition coefficient (Wildman–Crippen LogP) is 1.54. The first-order valence-electron chi connectivity index (χ1n) is 8.02. The van der Waals surface area contributed by atoms with Crippen molar-refractivity contribution in [3.63, 3.8) is 0 Å². The number of benzene rings is 1. The summed E-state index contributed by atoms with van der Waals surface area (Å²) < 4.78 is 11.3. The highest BCUT2D eigenvalue weighted by Gasteiger charge is 2.22. The Kier molecular flexibility index (Phi) is 4.95. The van der Waals surface area contributed by atoms with Gasteiger partial charge in [0.25, 0.3) is 5.91 Å². The molecule has 1 unspecified atom stereocenters. The Balaban J connectivity index is 1.44. The first-order chi connectivity index (χ1) is 10.7. The van der Waals surface area contributed by atoms with Gasteiger partial charge in [-0.15, -0.1) is 0 Å². The molecule has 1 amide bonds. The van der Waals surface area contributed by atoms with Gasteiger partial charge in [-0.05, 0) is 50.1 Å². The number of nitrogens with zero attached hydrogens (tertiary/aromatic N) is 1. The Bertz CT molecular complexity index is 499. The number of ether oxygens (including phenoxy) is 2. The van der Waals surface area contributed by atoms with E-state index in [1.54, 1.807) is 0 Å². The lowest BCUT2D eigenvalue weighted by atomic mass is 10.2. The van der Waals surface area contributed by atoms with E-state index < -0.39 is 0 Å². The van der Waals surface area contributed by atoms with Crippen LogP contribution in [-0.4, -0.2) is 56.8 Å². The van der Waals surface area contributed by atoms with Crippen LogP contribution in [0.1, 0.15) is 23.2 Å². The maximum atomic E-state index is 12.1. The van der Waals surface area contributed by atoms with Crippen LogP contribution in [-0.2, 0) is 4.74 Å². The van der Waals surface area contributed by atoms with Gasteiger partial charge in [0, 0.05) is 25.2 Å². The molecule has 22 heavy (non-hydrogen) atoms. The van der Waals surface area contributed by atoms with Crippen LogP contribution >= 0.6 is 0 Å². The molecule has 5 heteroatoms. The molecule has 1 saturated carbocycles. The molecule has 0 bridgehead atoms. The number of carbonyl (C=O) groups is 1. The van der Waals surface area contributed by atoms with Crippen LogP contribution < -0.4 is 10.1 Å². The summed E-state index contributed by atoms with van der Waals surface area (Å²) in [4.78, 5) is 14.3. The normalized spacial score (nSPS) is 22.3. The molecule has 1 aliphatic carbocycles. The van der Waals surface area contributed by atoms with Crippen molar-refractivity contribution in [2.24, 2.45) is 5.92 Å². The van der Waals surface area contributed by atoms with Gasteiger partial charge >= 0.3 is 0 Å².